The van der Waals surface area contributed by atoms with Gasteiger partial charge in [-0.15, -0.1) is 0 Å². The average molecular weight is 519 g/mol. The molecule has 0 aromatic carbocycles. The number of ether oxygens (including phenoxy) is 1. The molecule has 5 rings (SSSR count). The summed E-state index contributed by atoms with van der Waals surface area (Å²) in [6.07, 6.45) is 10.2. The fourth-order valence-electron chi connectivity index (χ4n) is 5.35. The molecule has 37 heavy (non-hydrogen) atoms. The highest BCUT2D eigenvalue weighted by Gasteiger charge is 2.45. The lowest BCUT2D eigenvalue weighted by molar-refractivity contribution is -0.128. The standard InChI is InChI=1S/C15H24N2O3.C10H14N4O3/c1-16-14(18)13(7-11-5-3-2-4-6-11)17(15(16)19)8-12-9-20-10-12;11-7(12)6-8(15)13-10(17)14(9(6)16)4-3-5-1-2-5/h11-13H,2-10H2,1H3;5,16H,1-4H2,(H3,11,12)(H,13,15,17). The molecule has 4 fully saturated rings. The molecular formula is C25H38N6O6. The molecule has 1 aromatic heterocycles. The van der Waals surface area contributed by atoms with E-state index >= 15 is 0 Å². The summed E-state index contributed by atoms with van der Waals surface area (Å²) in [5, 5.41) is 17.0. The van der Waals surface area contributed by atoms with Crippen LogP contribution in [0.5, 0.6) is 5.88 Å². The quantitative estimate of drug-likeness (QED) is 0.227. The second kappa shape index (κ2) is 11.5. The van der Waals surface area contributed by atoms with Gasteiger partial charge >= 0.3 is 11.7 Å². The molecular weight excluding hydrogens is 480 g/mol. The number of amides is 3. The molecule has 2 aliphatic heterocycles. The zero-order valence-electron chi connectivity index (χ0n) is 21.4. The molecule has 1 atom stereocenters. The summed E-state index contributed by atoms with van der Waals surface area (Å²) in [6, 6.07) is -0.348. The molecule has 2 aliphatic carbocycles. The van der Waals surface area contributed by atoms with E-state index in [2.05, 4.69) is 0 Å². The van der Waals surface area contributed by atoms with Crippen LogP contribution < -0.4 is 17.0 Å². The third kappa shape index (κ3) is 6.23. The van der Waals surface area contributed by atoms with Gasteiger partial charge in [0.05, 0.1) is 13.2 Å². The fourth-order valence-corrected chi connectivity index (χ4v) is 5.35. The monoisotopic (exact) mass is 518 g/mol. The van der Waals surface area contributed by atoms with Crippen LogP contribution in [0.15, 0.2) is 9.59 Å². The van der Waals surface area contributed by atoms with Crippen molar-refractivity contribution in [3.05, 3.63) is 26.4 Å². The maximum atomic E-state index is 12.3. The number of imide groups is 1. The first-order chi connectivity index (χ1) is 17.7. The van der Waals surface area contributed by atoms with E-state index in [4.69, 9.17) is 15.9 Å². The van der Waals surface area contributed by atoms with Crippen LogP contribution in [0.1, 0.15) is 63.4 Å². The number of nitrogens with zero attached hydrogens (tertiary/aromatic N) is 3. The van der Waals surface area contributed by atoms with Gasteiger partial charge in [0.1, 0.15) is 17.4 Å². The van der Waals surface area contributed by atoms with Crippen LogP contribution in [0.25, 0.3) is 0 Å². The normalized spacial score (nSPS) is 22.6. The molecule has 5 N–H and O–H groups in total. The molecule has 1 unspecified atom stereocenters. The number of hydrogen-bond acceptors (Lipinski definition) is 7. The topological polar surface area (TPSA) is 175 Å². The molecule has 2 saturated heterocycles. The Labute approximate surface area is 215 Å². The Bertz CT molecular complexity index is 1130. The minimum atomic E-state index is -0.831. The van der Waals surface area contributed by atoms with Crippen molar-refractivity contribution in [3.8, 4) is 5.88 Å². The van der Waals surface area contributed by atoms with Crippen LogP contribution in [0, 0.1) is 23.2 Å². The number of carbonyl (C=O) groups is 2. The Morgan fingerprint density at radius 3 is 2.30 bits per heavy atom. The first kappa shape index (κ1) is 26.9. The van der Waals surface area contributed by atoms with Gasteiger partial charge in [-0.2, -0.15) is 0 Å². The summed E-state index contributed by atoms with van der Waals surface area (Å²) in [5.41, 5.74) is 3.34. The van der Waals surface area contributed by atoms with Crippen molar-refractivity contribution >= 4 is 17.8 Å². The van der Waals surface area contributed by atoms with Crippen molar-refractivity contribution in [2.75, 3.05) is 26.8 Å². The smallest absolute Gasteiger partial charge is 0.331 e. The molecule has 3 heterocycles. The zero-order valence-corrected chi connectivity index (χ0v) is 21.4. The first-order valence-corrected chi connectivity index (χ1v) is 13.2. The van der Waals surface area contributed by atoms with E-state index in [9.17, 15) is 24.3 Å². The number of rotatable bonds is 8. The lowest BCUT2D eigenvalue weighted by atomic mass is 9.84. The number of carbonyl (C=O) groups excluding carboxylic acids is 2. The molecule has 1 aromatic rings. The Kier molecular flexibility index (Phi) is 8.35. The molecule has 204 valence electrons. The van der Waals surface area contributed by atoms with Crippen LogP contribution in [0.3, 0.4) is 0 Å². The van der Waals surface area contributed by atoms with Gasteiger partial charge < -0.3 is 20.5 Å². The number of amidine groups is 1. The minimum absolute atomic E-state index is 0.0131. The maximum Gasteiger partial charge on any atom is 0.331 e. The Hall–Kier alpha value is -3.15. The number of likely N-dealkylation sites (N-methyl/N-ethyl adjacent to an activating group) is 1. The molecule has 0 radical (unpaired) electrons. The third-order valence-corrected chi connectivity index (χ3v) is 7.87. The lowest BCUT2D eigenvalue weighted by Crippen LogP contribution is -2.45. The van der Waals surface area contributed by atoms with E-state index in [1.165, 1.54) is 37.0 Å². The average Bonchev–Trinajstić information content (AvgIpc) is 3.63. The van der Waals surface area contributed by atoms with Crippen molar-refractivity contribution < 1.29 is 19.4 Å². The molecule has 0 bridgehead atoms. The number of nitrogens with one attached hydrogen (secondary N) is 2. The summed E-state index contributed by atoms with van der Waals surface area (Å²) in [5.74, 6) is 0.523. The van der Waals surface area contributed by atoms with Gasteiger partial charge in [0.25, 0.3) is 11.5 Å². The number of nitrogens with two attached hydrogens (primary N) is 1. The summed E-state index contributed by atoms with van der Waals surface area (Å²) in [7, 11) is 1.61. The second-order valence-corrected chi connectivity index (χ2v) is 10.7. The SMILES string of the molecule is CN1C(=O)C(CC2CCCCC2)N(CC2COC2)C1=O.N=C(N)c1c(O)n(CCC2CC2)c(=O)[nH]c1=O. The van der Waals surface area contributed by atoms with Crippen molar-refractivity contribution in [1.82, 2.24) is 19.4 Å². The largest absolute Gasteiger partial charge is 0.494 e. The Balaban J connectivity index is 0.000000176. The molecule has 0 spiro atoms. The highest BCUT2D eigenvalue weighted by atomic mass is 16.5. The maximum absolute atomic E-state index is 12.3. The van der Waals surface area contributed by atoms with Gasteiger partial charge in [0, 0.05) is 26.1 Å². The second-order valence-electron chi connectivity index (χ2n) is 10.7. The van der Waals surface area contributed by atoms with Crippen LogP contribution in [0.2, 0.25) is 0 Å². The Morgan fingerprint density at radius 2 is 1.73 bits per heavy atom. The third-order valence-electron chi connectivity index (χ3n) is 7.87. The number of urea groups is 1. The Morgan fingerprint density at radius 1 is 1.05 bits per heavy atom. The van der Waals surface area contributed by atoms with Crippen molar-refractivity contribution in [3.63, 3.8) is 0 Å². The number of hydrogen-bond donors (Lipinski definition) is 4. The van der Waals surface area contributed by atoms with Gasteiger partial charge in [0.15, 0.2) is 0 Å². The number of aromatic amines is 1. The van der Waals surface area contributed by atoms with Crippen LogP contribution in [-0.2, 0) is 16.1 Å². The number of aromatic nitrogens is 2. The van der Waals surface area contributed by atoms with Gasteiger partial charge in [-0.3, -0.25) is 29.4 Å². The molecule has 4 aliphatic rings. The predicted octanol–water partition coefficient (Wildman–Crippen LogP) is 1.19. The number of H-pyrrole nitrogens is 1. The summed E-state index contributed by atoms with van der Waals surface area (Å²) >= 11 is 0. The lowest BCUT2D eigenvalue weighted by Gasteiger charge is -2.33. The van der Waals surface area contributed by atoms with E-state index in [1.54, 1.807) is 11.9 Å². The highest BCUT2D eigenvalue weighted by Crippen LogP contribution is 2.33. The molecule has 12 heteroatoms. The van der Waals surface area contributed by atoms with E-state index in [1.807, 2.05) is 4.98 Å². The van der Waals surface area contributed by atoms with Crippen LogP contribution in [-0.4, -0.2) is 75.1 Å². The van der Waals surface area contributed by atoms with Crippen molar-refractivity contribution in [1.29, 1.82) is 5.41 Å². The fraction of sp³-hybridized carbons (Fsp3) is 0.720. The van der Waals surface area contributed by atoms with E-state index in [-0.39, 0.29) is 23.5 Å². The summed E-state index contributed by atoms with van der Waals surface area (Å²) < 4.78 is 6.23. The number of aromatic hydroxyl groups is 1. The van der Waals surface area contributed by atoms with Gasteiger partial charge in [-0.1, -0.05) is 44.9 Å². The summed E-state index contributed by atoms with van der Waals surface area (Å²) in [6.45, 7) is 2.44. The summed E-state index contributed by atoms with van der Waals surface area (Å²) in [4.78, 5) is 52.6. The number of nitrogen functional groups attached to an aromatic ring is 1. The van der Waals surface area contributed by atoms with Gasteiger partial charge in [-0.05, 0) is 24.7 Å². The van der Waals surface area contributed by atoms with Crippen LogP contribution >= 0.6 is 0 Å². The van der Waals surface area contributed by atoms with Gasteiger partial charge in [-0.25, -0.2) is 9.59 Å². The van der Waals surface area contributed by atoms with E-state index in [0.717, 1.165) is 43.5 Å². The van der Waals surface area contributed by atoms with E-state index in [0.29, 0.717) is 30.8 Å². The van der Waals surface area contributed by atoms with Crippen molar-refractivity contribution in [2.45, 2.75) is 70.4 Å². The first-order valence-electron chi connectivity index (χ1n) is 13.2. The van der Waals surface area contributed by atoms with Crippen molar-refractivity contribution in [2.24, 2.45) is 23.5 Å². The van der Waals surface area contributed by atoms with E-state index < -0.39 is 23.0 Å². The molecule has 12 nitrogen and oxygen atoms in total. The predicted molar refractivity (Wildman–Crippen MR) is 136 cm³/mol. The minimum Gasteiger partial charge on any atom is -0.494 e. The highest BCUT2D eigenvalue weighted by molar-refractivity contribution is 6.03. The van der Waals surface area contributed by atoms with Crippen LogP contribution in [0.4, 0.5) is 4.79 Å². The van der Waals surface area contributed by atoms with Gasteiger partial charge in [0.2, 0.25) is 5.88 Å². The molecule has 3 amide bonds. The molecule has 2 saturated carbocycles. The zero-order chi connectivity index (χ0) is 26.7.